The Morgan fingerprint density at radius 2 is 2.00 bits per heavy atom. The molecule has 0 radical (unpaired) electrons. The molecule has 0 fully saturated rings. The van der Waals surface area contributed by atoms with Crippen LogP contribution in [0, 0.1) is 5.92 Å². The van der Waals surface area contributed by atoms with Gasteiger partial charge < -0.3 is 15.2 Å². The molecule has 0 heterocycles. The smallest absolute Gasteiger partial charge is 0.307 e. The lowest BCUT2D eigenvalue weighted by molar-refractivity contribution is -0.141. The van der Waals surface area contributed by atoms with Gasteiger partial charge >= 0.3 is 5.97 Å². The highest BCUT2D eigenvalue weighted by Gasteiger charge is 2.25. The Morgan fingerprint density at radius 3 is 2.52 bits per heavy atom. The summed E-state index contributed by atoms with van der Waals surface area (Å²) in [4.78, 5) is 22.4. The molecule has 0 bridgehead atoms. The molecular weight excluding hydrogens is 348 g/mol. The maximum absolute atomic E-state index is 12.6. The number of carbonyl (C=O) groups excluding carboxylic acids is 1. The van der Waals surface area contributed by atoms with Crippen LogP contribution in [0.15, 0.2) is 23.1 Å². The van der Waals surface area contributed by atoms with Crippen LogP contribution in [-0.4, -0.2) is 50.4 Å². The summed E-state index contributed by atoms with van der Waals surface area (Å²) in [7, 11) is -1.07. The lowest BCUT2D eigenvalue weighted by Crippen LogP contribution is -2.33. The third-order valence-corrected chi connectivity index (χ3v) is 5.53. The zero-order chi connectivity index (χ0) is 19.2. The lowest BCUT2D eigenvalue weighted by Gasteiger charge is -2.20. The monoisotopic (exact) mass is 372 g/mol. The Morgan fingerprint density at radius 1 is 1.36 bits per heavy atom. The van der Waals surface area contributed by atoms with Gasteiger partial charge in [-0.25, -0.2) is 12.7 Å². The molecule has 8 nitrogen and oxygen atoms in total. The van der Waals surface area contributed by atoms with Crippen LogP contribution >= 0.6 is 0 Å². The Kier molecular flexibility index (Phi) is 7.38. The molecule has 140 valence electrons. The number of rotatable bonds is 9. The normalized spacial score (nSPS) is 12.7. The summed E-state index contributed by atoms with van der Waals surface area (Å²) in [6, 6.07) is 4.32. The van der Waals surface area contributed by atoms with Gasteiger partial charge in [0, 0.05) is 32.1 Å². The number of nitrogens with one attached hydrogen (secondary N) is 1. The molecule has 0 aromatic heterocycles. The predicted octanol–water partition coefficient (Wildman–Crippen LogP) is 1.06. The third-order valence-electron chi connectivity index (χ3n) is 3.71. The number of ether oxygens (including phenoxy) is 1. The molecule has 1 atom stereocenters. The predicted molar refractivity (Wildman–Crippen MR) is 91.7 cm³/mol. The molecule has 1 unspecified atom stereocenters. The highest BCUT2D eigenvalue weighted by Crippen LogP contribution is 2.24. The molecule has 0 aliphatic carbocycles. The first-order valence-corrected chi connectivity index (χ1v) is 9.20. The van der Waals surface area contributed by atoms with Crippen LogP contribution in [-0.2, 0) is 26.2 Å². The number of sulfonamides is 1. The van der Waals surface area contributed by atoms with E-state index in [9.17, 15) is 18.0 Å². The second kappa shape index (κ2) is 8.82. The molecule has 0 aliphatic rings. The van der Waals surface area contributed by atoms with E-state index in [2.05, 4.69) is 5.32 Å². The van der Waals surface area contributed by atoms with Crippen molar-refractivity contribution in [1.82, 2.24) is 9.62 Å². The Balaban J connectivity index is 3.10. The number of hydrogen-bond donors (Lipinski definition) is 2. The van der Waals surface area contributed by atoms with Crippen LogP contribution in [0.3, 0.4) is 0 Å². The first-order chi connectivity index (χ1) is 11.6. The molecule has 0 spiro atoms. The van der Waals surface area contributed by atoms with E-state index in [0.29, 0.717) is 17.7 Å². The number of carboxylic acids is 1. The number of benzene rings is 1. The van der Waals surface area contributed by atoms with E-state index in [-0.39, 0.29) is 23.9 Å². The molecule has 9 heteroatoms. The van der Waals surface area contributed by atoms with E-state index in [1.165, 1.54) is 39.3 Å². The highest BCUT2D eigenvalue weighted by atomic mass is 32.2. The van der Waals surface area contributed by atoms with Gasteiger partial charge in [-0.15, -0.1) is 0 Å². The SMILES string of the molecule is CCC(=O)NCc1cc(S(=O)(=O)N(C)CC(C)C(=O)O)ccc1OC. The minimum atomic E-state index is -3.86. The fourth-order valence-electron chi connectivity index (χ4n) is 2.11. The van der Waals surface area contributed by atoms with Crippen molar-refractivity contribution in [2.75, 3.05) is 20.7 Å². The largest absolute Gasteiger partial charge is 0.496 e. The number of hydrogen-bond acceptors (Lipinski definition) is 5. The molecule has 1 rings (SSSR count). The summed E-state index contributed by atoms with van der Waals surface area (Å²) >= 11 is 0. The highest BCUT2D eigenvalue weighted by molar-refractivity contribution is 7.89. The van der Waals surface area contributed by atoms with Crippen LogP contribution in [0.4, 0.5) is 0 Å². The van der Waals surface area contributed by atoms with Crippen molar-refractivity contribution in [2.24, 2.45) is 5.92 Å². The summed E-state index contributed by atoms with van der Waals surface area (Å²) < 4.78 is 31.5. The van der Waals surface area contributed by atoms with Crippen LogP contribution in [0.5, 0.6) is 5.75 Å². The third kappa shape index (κ3) is 5.43. The summed E-state index contributed by atoms with van der Waals surface area (Å²) in [5, 5.41) is 11.6. The standard InChI is InChI=1S/C16H24N2O6S/c1-5-15(19)17-9-12-8-13(6-7-14(12)24-4)25(22,23)18(3)10-11(2)16(20)21/h6-8,11H,5,9-10H2,1-4H3,(H,17,19)(H,20,21). The lowest BCUT2D eigenvalue weighted by atomic mass is 10.2. The average molecular weight is 372 g/mol. The van der Waals surface area contributed by atoms with E-state index in [1.807, 2.05) is 0 Å². The van der Waals surface area contributed by atoms with Gasteiger partial charge in [0.2, 0.25) is 15.9 Å². The van der Waals surface area contributed by atoms with E-state index < -0.39 is 21.9 Å². The van der Waals surface area contributed by atoms with Crippen molar-refractivity contribution < 1.29 is 27.9 Å². The summed E-state index contributed by atoms with van der Waals surface area (Å²) in [6.07, 6.45) is 0.316. The van der Waals surface area contributed by atoms with Crippen LogP contribution in [0.1, 0.15) is 25.8 Å². The molecule has 1 amide bonds. The van der Waals surface area contributed by atoms with Gasteiger partial charge in [0.25, 0.3) is 0 Å². The molecule has 1 aromatic carbocycles. The number of amides is 1. The van der Waals surface area contributed by atoms with E-state index in [1.54, 1.807) is 6.92 Å². The molecular formula is C16H24N2O6S. The topological polar surface area (TPSA) is 113 Å². The fourth-order valence-corrected chi connectivity index (χ4v) is 3.43. The van der Waals surface area contributed by atoms with Gasteiger partial charge in [-0.05, 0) is 18.2 Å². The first-order valence-electron chi connectivity index (χ1n) is 7.76. The van der Waals surface area contributed by atoms with Crippen molar-refractivity contribution in [3.8, 4) is 5.75 Å². The average Bonchev–Trinajstić information content (AvgIpc) is 2.58. The Labute approximate surface area is 147 Å². The second-order valence-electron chi connectivity index (χ2n) is 5.63. The molecule has 0 aliphatic heterocycles. The minimum absolute atomic E-state index is 0.00846. The zero-order valence-electron chi connectivity index (χ0n) is 14.8. The van der Waals surface area contributed by atoms with Crippen LogP contribution in [0.2, 0.25) is 0 Å². The first kappa shape index (κ1) is 20.9. The second-order valence-corrected chi connectivity index (χ2v) is 7.67. The van der Waals surface area contributed by atoms with Crippen LogP contribution in [0.25, 0.3) is 0 Å². The summed E-state index contributed by atoms with van der Waals surface area (Å²) in [5.41, 5.74) is 0.519. The van der Waals surface area contributed by atoms with Gasteiger partial charge in [0.1, 0.15) is 5.75 Å². The van der Waals surface area contributed by atoms with Crippen molar-refractivity contribution in [3.05, 3.63) is 23.8 Å². The van der Waals surface area contributed by atoms with Gasteiger partial charge in [-0.3, -0.25) is 9.59 Å². The quantitative estimate of drug-likeness (QED) is 0.670. The maximum Gasteiger partial charge on any atom is 0.307 e. The minimum Gasteiger partial charge on any atom is -0.496 e. The molecule has 2 N–H and O–H groups in total. The van der Waals surface area contributed by atoms with Crippen molar-refractivity contribution in [2.45, 2.75) is 31.7 Å². The Bertz CT molecular complexity index is 732. The summed E-state index contributed by atoms with van der Waals surface area (Å²) in [6.45, 7) is 3.14. The van der Waals surface area contributed by atoms with E-state index >= 15 is 0 Å². The van der Waals surface area contributed by atoms with E-state index in [4.69, 9.17) is 9.84 Å². The number of aliphatic carboxylic acids is 1. The number of methoxy groups -OCH3 is 1. The van der Waals surface area contributed by atoms with Gasteiger partial charge in [-0.1, -0.05) is 13.8 Å². The van der Waals surface area contributed by atoms with Crippen molar-refractivity contribution in [3.63, 3.8) is 0 Å². The molecule has 25 heavy (non-hydrogen) atoms. The van der Waals surface area contributed by atoms with Gasteiger partial charge in [0.15, 0.2) is 0 Å². The van der Waals surface area contributed by atoms with Gasteiger partial charge in [0.05, 0.1) is 17.9 Å². The zero-order valence-corrected chi connectivity index (χ0v) is 15.6. The molecule has 0 saturated heterocycles. The number of carbonyl (C=O) groups is 2. The Hall–Kier alpha value is -2.13. The molecule has 1 aromatic rings. The number of nitrogens with zero attached hydrogens (tertiary/aromatic N) is 1. The van der Waals surface area contributed by atoms with Crippen LogP contribution < -0.4 is 10.1 Å². The molecule has 0 saturated carbocycles. The fraction of sp³-hybridized carbons (Fsp3) is 0.500. The summed E-state index contributed by atoms with van der Waals surface area (Å²) in [5.74, 6) is -1.61. The van der Waals surface area contributed by atoms with Gasteiger partial charge in [-0.2, -0.15) is 0 Å². The van der Waals surface area contributed by atoms with Crippen molar-refractivity contribution in [1.29, 1.82) is 0 Å². The van der Waals surface area contributed by atoms with Crippen molar-refractivity contribution >= 4 is 21.9 Å². The van der Waals surface area contributed by atoms with E-state index in [0.717, 1.165) is 4.31 Å². The number of carboxylic acid groups (broad SMARTS) is 1. The maximum atomic E-state index is 12.6.